The van der Waals surface area contributed by atoms with E-state index in [2.05, 4.69) is 43.0 Å². The van der Waals surface area contributed by atoms with Gasteiger partial charge in [-0.05, 0) is 32.6 Å². The third-order valence-corrected chi connectivity index (χ3v) is 3.28. The van der Waals surface area contributed by atoms with Crippen LogP contribution < -0.4 is 5.73 Å². The second-order valence-corrected chi connectivity index (χ2v) is 5.58. The van der Waals surface area contributed by atoms with Crippen LogP contribution in [0.15, 0.2) is 24.3 Å². The van der Waals surface area contributed by atoms with Gasteiger partial charge in [0.25, 0.3) is 0 Å². The van der Waals surface area contributed by atoms with Gasteiger partial charge in [0.1, 0.15) is 4.99 Å². The molecule has 0 aliphatic rings. The van der Waals surface area contributed by atoms with Gasteiger partial charge in [-0.1, -0.05) is 43.4 Å². The van der Waals surface area contributed by atoms with Crippen LogP contribution in [0, 0.1) is 0 Å². The second kappa shape index (κ2) is 8.25. The third-order valence-electron chi connectivity index (χ3n) is 3.05. The molecule has 0 atom stereocenters. The molecule has 0 aliphatic carbocycles. The van der Waals surface area contributed by atoms with E-state index in [4.69, 9.17) is 18.0 Å². The SMILES string of the molecule is CCCN(CCN(C)C)Cc1ccc(C(N)=S)cc1. The van der Waals surface area contributed by atoms with Gasteiger partial charge in [-0.25, -0.2) is 0 Å². The third kappa shape index (κ3) is 6.14. The number of thiocarbonyl (C=S) groups is 1. The summed E-state index contributed by atoms with van der Waals surface area (Å²) in [5, 5.41) is 0. The smallest absolute Gasteiger partial charge is 0.103 e. The molecule has 0 heterocycles. The summed E-state index contributed by atoms with van der Waals surface area (Å²) in [7, 11) is 4.22. The van der Waals surface area contributed by atoms with Crippen LogP contribution in [-0.2, 0) is 6.54 Å². The molecule has 106 valence electrons. The number of rotatable bonds is 8. The van der Waals surface area contributed by atoms with Crippen LogP contribution in [0.4, 0.5) is 0 Å². The van der Waals surface area contributed by atoms with Gasteiger partial charge in [0.2, 0.25) is 0 Å². The average molecular weight is 279 g/mol. The molecule has 2 N–H and O–H groups in total. The summed E-state index contributed by atoms with van der Waals surface area (Å²) in [6.07, 6.45) is 1.18. The topological polar surface area (TPSA) is 32.5 Å². The predicted octanol–water partition coefficient (Wildman–Crippen LogP) is 2.09. The second-order valence-electron chi connectivity index (χ2n) is 5.14. The first-order chi connectivity index (χ1) is 9.02. The van der Waals surface area contributed by atoms with Gasteiger partial charge >= 0.3 is 0 Å². The van der Waals surface area contributed by atoms with Crippen molar-refractivity contribution < 1.29 is 0 Å². The monoisotopic (exact) mass is 279 g/mol. The van der Waals surface area contributed by atoms with Crippen LogP contribution in [0.3, 0.4) is 0 Å². The van der Waals surface area contributed by atoms with Crippen molar-refractivity contribution in [1.29, 1.82) is 0 Å². The number of likely N-dealkylation sites (N-methyl/N-ethyl adjacent to an activating group) is 1. The maximum absolute atomic E-state index is 5.61. The maximum atomic E-state index is 5.61. The minimum absolute atomic E-state index is 0.463. The highest BCUT2D eigenvalue weighted by Crippen LogP contribution is 2.08. The van der Waals surface area contributed by atoms with Gasteiger partial charge in [0.15, 0.2) is 0 Å². The lowest BCUT2D eigenvalue weighted by Crippen LogP contribution is -2.32. The molecule has 0 fully saturated rings. The van der Waals surface area contributed by atoms with Crippen molar-refractivity contribution in [3.63, 3.8) is 0 Å². The molecule has 0 saturated carbocycles. The van der Waals surface area contributed by atoms with Crippen molar-refractivity contribution in [2.45, 2.75) is 19.9 Å². The molecule has 3 nitrogen and oxygen atoms in total. The highest BCUT2D eigenvalue weighted by atomic mass is 32.1. The minimum atomic E-state index is 0.463. The Hall–Kier alpha value is -0.970. The van der Waals surface area contributed by atoms with Gasteiger partial charge in [0, 0.05) is 25.2 Å². The van der Waals surface area contributed by atoms with E-state index < -0.39 is 0 Å². The molecule has 0 radical (unpaired) electrons. The molecule has 1 aromatic carbocycles. The Labute approximate surface area is 122 Å². The Bertz CT molecular complexity index is 387. The van der Waals surface area contributed by atoms with Crippen LogP contribution in [0.5, 0.6) is 0 Å². The van der Waals surface area contributed by atoms with Crippen LogP contribution in [-0.4, -0.2) is 48.5 Å². The molecule has 0 aromatic heterocycles. The van der Waals surface area contributed by atoms with Crippen LogP contribution in [0.2, 0.25) is 0 Å². The summed E-state index contributed by atoms with van der Waals surface area (Å²) in [5.41, 5.74) is 7.86. The Kier molecular flexibility index (Phi) is 6.99. The summed E-state index contributed by atoms with van der Waals surface area (Å²) in [4.78, 5) is 5.17. The van der Waals surface area contributed by atoms with Crippen molar-refractivity contribution in [1.82, 2.24) is 9.80 Å². The molecule has 0 amide bonds. The molecular formula is C15H25N3S. The summed E-state index contributed by atoms with van der Waals surface area (Å²) in [6, 6.07) is 8.25. The number of hydrogen-bond donors (Lipinski definition) is 1. The van der Waals surface area contributed by atoms with E-state index in [1.54, 1.807) is 0 Å². The maximum Gasteiger partial charge on any atom is 0.103 e. The van der Waals surface area contributed by atoms with Crippen molar-refractivity contribution >= 4 is 17.2 Å². The van der Waals surface area contributed by atoms with Crippen molar-refractivity contribution in [3.8, 4) is 0 Å². The minimum Gasteiger partial charge on any atom is -0.389 e. The molecule has 0 bridgehead atoms. The number of nitrogens with two attached hydrogens (primary N) is 1. The Morgan fingerprint density at radius 2 is 1.74 bits per heavy atom. The van der Waals surface area contributed by atoms with Crippen molar-refractivity contribution in [2.75, 3.05) is 33.7 Å². The highest BCUT2D eigenvalue weighted by molar-refractivity contribution is 7.80. The van der Waals surface area contributed by atoms with E-state index in [9.17, 15) is 0 Å². The lowest BCUT2D eigenvalue weighted by atomic mass is 10.1. The normalized spacial score (nSPS) is 11.2. The standard InChI is InChI=1S/C15H25N3S/c1-4-9-18(11-10-17(2)3)12-13-5-7-14(8-6-13)15(16)19/h5-8H,4,9-12H2,1-3H3,(H2,16,19). The summed E-state index contributed by atoms with van der Waals surface area (Å²) in [6.45, 7) is 6.52. The van der Waals surface area contributed by atoms with Gasteiger partial charge < -0.3 is 10.6 Å². The Morgan fingerprint density at radius 3 is 2.21 bits per heavy atom. The van der Waals surface area contributed by atoms with E-state index in [1.165, 1.54) is 12.0 Å². The number of hydrogen-bond acceptors (Lipinski definition) is 3. The average Bonchev–Trinajstić information content (AvgIpc) is 2.37. The van der Waals surface area contributed by atoms with Crippen molar-refractivity contribution in [3.05, 3.63) is 35.4 Å². The van der Waals surface area contributed by atoms with E-state index in [0.29, 0.717) is 4.99 Å². The molecular weight excluding hydrogens is 254 g/mol. The lowest BCUT2D eigenvalue weighted by Gasteiger charge is -2.23. The van der Waals surface area contributed by atoms with Crippen molar-refractivity contribution in [2.24, 2.45) is 5.73 Å². The van der Waals surface area contributed by atoms with Crippen LogP contribution in [0.25, 0.3) is 0 Å². The van der Waals surface area contributed by atoms with E-state index in [1.807, 2.05) is 12.1 Å². The van der Waals surface area contributed by atoms with Gasteiger partial charge in [-0.2, -0.15) is 0 Å². The Morgan fingerprint density at radius 1 is 1.11 bits per heavy atom. The first-order valence-electron chi connectivity index (χ1n) is 6.78. The highest BCUT2D eigenvalue weighted by Gasteiger charge is 2.06. The molecule has 0 saturated heterocycles. The van der Waals surface area contributed by atoms with Gasteiger partial charge in [-0.3, -0.25) is 4.90 Å². The predicted molar refractivity (Wildman–Crippen MR) is 86.5 cm³/mol. The zero-order valence-corrected chi connectivity index (χ0v) is 13.0. The molecule has 1 aromatic rings. The fourth-order valence-corrected chi connectivity index (χ4v) is 2.10. The summed E-state index contributed by atoms with van der Waals surface area (Å²) >= 11 is 4.97. The zero-order valence-electron chi connectivity index (χ0n) is 12.2. The van der Waals surface area contributed by atoms with Crippen LogP contribution in [0.1, 0.15) is 24.5 Å². The summed E-state index contributed by atoms with van der Waals surface area (Å²) < 4.78 is 0. The van der Waals surface area contributed by atoms with E-state index in [0.717, 1.165) is 31.7 Å². The molecule has 0 unspecified atom stereocenters. The van der Waals surface area contributed by atoms with Crippen LogP contribution >= 0.6 is 12.2 Å². The van der Waals surface area contributed by atoms with E-state index in [-0.39, 0.29) is 0 Å². The first-order valence-corrected chi connectivity index (χ1v) is 7.19. The molecule has 4 heteroatoms. The zero-order chi connectivity index (χ0) is 14.3. The summed E-state index contributed by atoms with van der Waals surface area (Å²) in [5.74, 6) is 0. The first kappa shape index (κ1) is 16.1. The molecule has 19 heavy (non-hydrogen) atoms. The number of benzene rings is 1. The quantitative estimate of drug-likeness (QED) is 0.739. The van der Waals surface area contributed by atoms with E-state index >= 15 is 0 Å². The lowest BCUT2D eigenvalue weighted by molar-refractivity contribution is 0.234. The Balaban J connectivity index is 2.59. The fourth-order valence-electron chi connectivity index (χ4n) is 1.96. The molecule has 0 spiro atoms. The molecule has 0 aliphatic heterocycles. The van der Waals surface area contributed by atoms with Gasteiger partial charge in [0.05, 0.1) is 0 Å². The van der Waals surface area contributed by atoms with Gasteiger partial charge in [-0.15, -0.1) is 0 Å². The number of nitrogens with zero attached hydrogens (tertiary/aromatic N) is 2. The largest absolute Gasteiger partial charge is 0.389 e. The molecule has 1 rings (SSSR count). The fraction of sp³-hybridized carbons (Fsp3) is 0.533.